The Morgan fingerprint density at radius 2 is 2.17 bits per heavy atom. The molecule has 1 aliphatic heterocycles. The Hall–Kier alpha value is -1.10. The van der Waals surface area contributed by atoms with E-state index in [1.54, 1.807) is 7.11 Å². The lowest BCUT2D eigenvalue weighted by Crippen LogP contribution is -2.44. The summed E-state index contributed by atoms with van der Waals surface area (Å²) in [6.45, 7) is 6.55. The van der Waals surface area contributed by atoms with Gasteiger partial charge in [0.1, 0.15) is 5.75 Å². The van der Waals surface area contributed by atoms with Gasteiger partial charge >= 0.3 is 0 Å². The van der Waals surface area contributed by atoms with Crippen LogP contribution in [0.1, 0.15) is 22.7 Å². The van der Waals surface area contributed by atoms with Crippen molar-refractivity contribution in [3.05, 3.63) is 28.8 Å². The first kappa shape index (κ1) is 13.3. The third-order valence-electron chi connectivity index (χ3n) is 3.50. The van der Waals surface area contributed by atoms with Gasteiger partial charge in [-0.05, 0) is 36.6 Å². The molecule has 0 amide bonds. The summed E-state index contributed by atoms with van der Waals surface area (Å²) in [5.41, 5.74) is 9.73. The van der Waals surface area contributed by atoms with Crippen LogP contribution in [0.15, 0.2) is 12.1 Å². The lowest BCUT2D eigenvalue weighted by atomic mass is 9.95. The molecular weight excluding hydrogens is 228 g/mol. The van der Waals surface area contributed by atoms with Crippen LogP contribution in [0.4, 0.5) is 0 Å². The average Bonchev–Trinajstić information content (AvgIpc) is 2.41. The minimum atomic E-state index is -0.0950. The summed E-state index contributed by atoms with van der Waals surface area (Å²) in [7, 11) is 1.69. The van der Waals surface area contributed by atoms with Gasteiger partial charge in [0, 0.05) is 13.1 Å². The van der Waals surface area contributed by atoms with Crippen molar-refractivity contribution in [3.8, 4) is 5.75 Å². The van der Waals surface area contributed by atoms with Crippen LogP contribution in [0.3, 0.4) is 0 Å². The van der Waals surface area contributed by atoms with Gasteiger partial charge in [-0.15, -0.1) is 0 Å². The second kappa shape index (κ2) is 5.69. The van der Waals surface area contributed by atoms with Crippen molar-refractivity contribution in [3.63, 3.8) is 0 Å². The summed E-state index contributed by atoms with van der Waals surface area (Å²) in [6.07, 6.45) is 0.0465. The average molecular weight is 250 g/mol. The Bertz CT molecular complexity index is 415. The molecule has 2 rings (SSSR count). The maximum absolute atomic E-state index is 6.33. The molecule has 4 heteroatoms. The Kier molecular flexibility index (Phi) is 4.22. The number of hydrogen-bond acceptors (Lipinski definition) is 4. The summed E-state index contributed by atoms with van der Waals surface area (Å²) in [6, 6.07) is 4.06. The van der Waals surface area contributed by atoms with Crippen molar-refractivity contribution in [2.75, 3.05) is 26.8 Å². The zero-order valence-corrected chi connectivity index (χ0v) is 11.3. The van der Waals surface area contributed by atoms with Gasteiger partial charge in [0.15, 0.2) is 0 Å². The SMILES string of the molecule is COc1cc(C)c(C(N)C2CNCCO2)cc1C. The van der Waals surface area contributed by atoms with Gasteiger partial charge in [0.2, 0.25) is 0 Å². The van der Waals surface area contributed by atoms with E-state index in [4.69, 9.17) is 15.2 Å². The van der Waals surface area contributed by atoms with Crippen molar-refractivity contribution in [1.29, 1.82) is 0 Å². The molecule has 1 fully saturated rings. The molecule has 1 heterocycles. The fourth-order valence-electron chi connectivity index (χ4n) is 2.41. The van der Waals surface area contributed by atoms with Crippen molar-refractivity contribution in [1.82, 2.24) is 5.32 Å². The highest BCUT2D eigenvalue weighted by atomic mass is 16.5. The van der Waals surface area contributed by atoms with Crippen LogP contribution in [0.5, 0.6) is 5.75 Å². The first-order chi connectivity index (χ1) is 8.63. The minimum Gasteiger partial charge on any atom is -0.496 e. The normalized spacial score (nSPS) is 21.7. The van der Waals surface area contributed by atoms with E-state index in [1.807, 2.05) is 13.0 Å². The van der Waals surface area contributed by atoms with Gasteiger partial charge in [-0.25, -0.2) is 0 Å². The minimum absolute atomic E-state index is 0.0465. The van der Waals surface area contributed by atoms with Crippen molar-refractivity contribution in [2.45, 2.75) is 26.0 Å². The third kappa shape index (κ3) is 2.66. The van der Waals surface area contributed by atoms with Crippen molar-refractivity contribution in [2.24, 2.45) is 5.73 Å². The number of morpholine rings is 1. The van der Waals surface area contributed by atoms with Crippen LogP contribution < -0.4 is 15.8 Å². The number of methoxy groups -OCH3 is 1. The molecule has 0 bridgehead atoms. The molecule has 3 N–H and O–H groups in total. The maximum atomic E-state index is 6.33. The van der Waals surface area contributed by atoms with Crippen LogP contribution in [0, 0.1) is 13.8 Å². The van der Waals surface area contributed by atoms with Gasteiger partial charge in [-0.1, -0.05) is 6.07 Å². The lowest BCUT2D eigenvalue weighted by Gasteiger charge is -2.30. The standard InChI is InChI=1S/C14H22N2O2/c1-9-7-12(17-3)10(2)6-11(9)14(15)13-8-16-4-5-18-13/h6-7,13-14,16H,4-5,8,15H2,1-3H3. The molecule has 1 aromatic rings. The highest BCUT2D eigenvalue weighted by Gasteiger charge is 2.24. The largest absolute Gasteiger partial charge is 0.496 e. The van der Waals surface area contributed by atoms with E-state index < -0.39 is 0 Å². The Morgan fingerprint density at radius 1 is 1.39 bits per heavy atom. The highest BCUT2D eigenvalue weighted by molar-refractivity contribution is 5.43. The van der Waals surface area contributed by atoms with Crippen LogP contribution in [-0.2, 0) is 4.74 Å². The van der Waals surface area contributed by atoms with E-state index in [-0.39, 0.29) is 12.1 Å². The number of hydrogen-bond donors (Lipinski definition) is 2. The molecule has 0 radical (unpaired) electrons. The molecule has 1 aromatic carbocycles. The number of ether oxygens (including phenoxy) is 2. The van der Waals surface area contributed by atoms with Crippen LogP contribution in [-0.4, -0.2) is 32.9 Å². The number of aryl methyl sites for hydroxylation is 2. The van der Waals surface area contributed by atoms with Crippen LogP contribution in [0.2, 0.25) is 0 Å². The van der Waals surface area contributed by atoms with Gasteiger partial charge < -0.3 is 20.5 Å². The second-order valence-electron chi connectivity index (χ2n) is 4.82. The summed E-state index contributed by atoms with van der Waals surface area (Å²) >= 11 is 0. The lowest BCUT2D eigenvalue weighted by molar-refractivity contribution is 0.0121. The molecule has 0 aliphatic carbocycles. The fourth-order valence-corrected chi connectivity index (χ4v) is 2.41. The molecular formula is C14H22N2O2. The zero-order valence-electron chi connectivity index (χ0n) is 11.3. The van der Waals surface area contributed by atoms with Crippen LogP contribution in [0.25, 0.3) is 0 Å². The molecule has 2 unspecified atom stereocenters. The molecule has 2 atom stereocenters. The third-order valence-corrected chi connectivity index (χ3v) is 3.50. The Morgan fingerprint density at radius 3 is 2.78 bits per heavy atom. The highest BCUT2D eigenvalue weighted by Crippen LogP contribution is 2.28. The summed E-state index contributed by atoms with van der Waals surface area (Å²) in [5.74, 6) is 0.908. The molecule has 18 heavy (non-hydrogen) atoms. The number of nitrogens with two attached hydrogens (primary N) is 1. The molecule has 0 aromatic heterocycles. The van der Waals surface area contributed by atoms with E-state index in [9.17, 15) is 0 Å². The Labute approximate surface area is 108 Å². The van der Waals surface area contributed by atoms with Gasteiger partial charge in [0.05, 0.1) is 25.9 Å². The summed E-state index contributed by atoms with van der Waals surface area (Å²) < 4.78 is 11.0. The molecule has 1 saturated heterocycles. The van der Waals surface area contributed by atoms with Crippen molar-refractivity contribution >= 4 is 0 Å². The zero-order chi connectivity index (χ0) is 13.1. The molecule has 0 spiro atoms. The predicted molar refractivity (Wildman–Crippen MR) is 72.0 cm³/mol. The quantitative estimate of drug-likeness (QED) is 0.849. The van der Waals surface area contributed by atoms with Crippen molar-refractivity contribution < 1.29 is 9.47 Å². The van der Waals surface area contributed by atoms with Gasteiger partial charge in [0.25, 0.3) is 0 Å². The topological polar surface area (TPSA) is 56.5 Å². The first-order valence-corrected chi connectivity index (χ1v) is 6.36. The molecule has 100 valence electrons. The van der Waals surface area contributed by atoms with Gasteiger partial charge in [-0.2, -0.15) is 0 Å². The van der Waals surface area contributed by atoms with E-state index in [1.165, 1.54) is 0 Å². The molecule has 1 aliphatic rings. The maximum Gasteiger partial charge on any atom is 0.122 e. The fraction of sp³-hybridized carbons (Fsp3) is 0.571. The predicted octanol–water partition coefficient (Wildman–Crippen LogP) is 1.30. The molecule has 0 saturated carbocycles. The van der Waals surface area contributed by atoms with Gasteiger partial charge in [-0.3, -0.25) is 0 Å². The second-order valence-corrected chi connectivity index (χ2v) is 4.82. The number of nitrogens with one attached hydrogen (secondary N) is 1. The summed E-state index contributed by atoms with van der Waals surface area (Å²) in [5, 5.41) is 3.31. The number of rotatable bonds is 3. The monoisotopic (exact) mass is 250 g/mol. The van der Waals surface area contributed by atoms with E-state index in [0.717, 1.165) is 42.1 Å². The first-order valence-electron chi connectivity index (χ1n) is 6.36. The Balaban J connectivity index is 2.23. The number of benzene rings is 1. The van der Waals surface area contributed by atoms with Crippen LogP contribution >= 0.6 is 0 Å². The van der Waals surface area contributed by atoms with E-state index in [0.29, 0.717) is 0 Å². The van der Waals surface area contributed by atoms with E-state index in [2.05, 4.69) is 18.3 Å². The van der Waals surface area contributed by atoms with E-state index >= 15 is 0 Å². The molecule has 4 nitrogen and oxygen atoms in total. The smallest absolute Gasteiger partial charge is 0.122 e. The summed E-state index contributed by atoms with van der Waals surface area (Å²) in [4.78, 5) is 0.